The fourth-order valence-corrected chi connectivity index (χ4v) is 0.152. The molecule has 4 nitrogen and oxygen atoms in total. The molecule has 46 valence electrons. The van der Waals surface area contributed by atoms with E-state index in [4.69, 9.17) is 0 Å². The Bertz CT molecular complexity index is 168. The Balaban J connectivity index is 3.63. The van der Waals surface area contributed by atoms with Crippen molar-refractivity contribution in [2.24, 2.45) is 4.99 Å². The van der Waals surface area contributed by atoms with Crippen LogP contribution in [0.1, 0.15) is 0 Å². The van der Waals surface area contributed by atoms with Gasteiger partial charge in [-0.15, -0.1) is 0 Å². The summed E-state index contributed by atoms with van der Waals surface area (Å²) >= 11 is 0. The lowest BCUT2D eigenvalue weighted by molar-refractivity contribution is -0.106. The van der Waals surface area contributed by atoms with Gasteiger partial charge >= 0.3 is 0 Å². The smallest absolute Gasteiger partial charge is 0.234 e. The lowest BCUT2D eigenvalue weighted by atomic mass is 10.6. The number of allylic oxidation sites excluding steroid dienone is 1. The highest BCUT2D eigenvalue weighted by atomic mass is 16.1. The number of nitrogens with zero attached hydrogens (tertiary/aromatic N) is 1. The summed E-state index contributed by atoms with van der Waals surface area (Å²) in [5.74, 6) is 1.43. The highest BCUT2D eigenvalue weighted by molar-refractivity contribution is 5.71. The standard InChI is InChI=1S/C5H4N2O2/c1-5(2-8)7-3-6-4-9/h4H,1H2,(H,6,7,9). The molecule has 1 N–H and O–H groups in total. The van der Waals surface area contributed by atoms with Crippen molar-refractivity contribution in [3.8, 4) is 0 Å². The molecule has 0 aliphatic carbocycles. The quantitative estimate of drug-likeness (QED) is 0.176. The monoisotopic (exact) mass is 124 g/mol. The molecule has 0 saturated carbocycles. The van der Waals surface area contributed by atoms with E-state index in [2.05, 4.69) is 17.2 Å². The third kappa shape index (κ3) is 4.44. The van der Waals surface area contributed by atoms with E-state index < -0.39 is 0 Å². The van der Waals surface area contributed by atoms with Crippen LogP contribution in [0.2, 0.25) is 0 Å². The number of hydrogen-bond acceptors (Lipinski definition) is 2. The molecule has 0 heterocycles. The van der Waals surface area contributed by atoms with Gasteiger partial charge in [-0.05, 0) is 0 Å². The third-order valence-corrected chi connectivity index (χ3v) is 0.447. The molecule has 0 aromatic carbocycles. The summed E-state index contributed by atoms with van der Waals surface area (Å²) in [6.45, 7) is 3.17. The van der Waals surface area contributed by atoms with Crippen LogP contribution in [0.25, 0.3) is 0 Å². The van der Waals surface area contributed by atoms with E-state index >= 15 is 0 Å². The minimum absolute atomic E-state index is 0.0133. The van der Waals surface area contributed by atoms with Gasteiger partial charge in [0.2, 0.25) is 6.41 Å². The molecular weight excluding hydrogens is 120 g/mol. The molecule has 0 saturated heterocycles. The van der Waals surface area contributed by atoms with Crippen LogP contribution < -0.4 is 5.32 Å². The SMILES string of the molecule is [CH2]C(=C=O)N/[C]=N/C=O. The molecule has 0 fully saturated rings. The van der Waals surface area contributed by atoms with E-state index in [1.165, 1.54) is 5.94 Å². The molecule has 0 bridgehead atoms. The molecule has 0 unspecified atom stereocenters. The zero-order chi connectivity index (χ0) is 7.11. The van der Waals surface area contributed by atoms with Gasteiger partial charge in [0.15, 0.2) is 6.34 Å². The number of hydrogen-bond donors (Lipinski definition) is 1. The Kier molecular flexibility index (Phi) is 4.00. The second kappa shape index (κ2) is 4.74. The molecule has 1 amide bonds. The molecule has 9 heavy (non-hydrogen) atoms. The van der Waals surface area contributed by atoms with E-state index in [1.807, 2.05) is 6.34 Å². The first kappa shape index (κ1) is 7.59. The van der Waals surface area contributed by atoms with E-state index in [9.17, 15) is 9.59 Å². The zero-order valence-electron chi connectivity index (χ0n) is 4.55. The van der Waals surface area contributed by atoms with Crippen LogP contribution in [0.4, 0.5) is 0 Å². The van der Waals surface area contributed by atoms with Crippen molar-refractivity contribution < 1.29 is 9.59 Å². The Labute approximate surface area is 52.3 Å². The predicted octanol–water partition coefficient (Wildman–Crippen LogP) is -0.813. The van der Waals surface area contributed by atoms with Crippen LogP contribution in [0.5, 0.6) is 0 Å². The maximum Gasteiger partial charge on any atom is 0.234 e. The van der Waals surface area contributed by atoms with Crippen molar-refractivity contribution in [3.63, 3.8) is 0 Å². The number of aliphatic imine (C=N–C) groups is 1. The zero-order valence-corrected chi connectivity index (χ0v) is 4.55. The third-order valence-electron chi connectivity index (χ3n) is 0.447. The molecule has 0 spiro atoms. The summed E-state index contributed by atoms with van der Waals surface area (Å²) in [7, 11) is 0. The Hall–Kier alpha value is -1.41. The second-order valence-corrected chi connectivity index (χ2v) is 1.05. The number of carbonyl (C=O) groups excluding carboxylic acids is 2. The van der Waals surface area contributed by atoms with Crippen LogP contribution in [-0.4, -0.2) is 18.7 Å². The van der Waals surface area contributed by atoms with Gasteiger partial charge in [-0.2, -0.15) is 4.99 Å². The summed E-state index contributed by atoms with van der Waals surface area (Å²) in [6, 6.07) is 0. The van der Waals surface area contributed by atoms with E-state index in [-0.39, 0.29) is 12.1 Å². The van der Waals surface area contributed by atoms with E-state index in [0.29, 0.717) is 0 Å². The topological polar surface area (TPSA) is 58.5 Å². The molecule has 0 aliphatic heterocycles. The highest BCUT2D eigenvalue weighted by Gasteiger charge is 1.80. The Morgan fingerprint density at radius 1 is 1.78 bits per heavy atom. The first-order valence-corrected chi connectivity index (χ1v) is 2.03. The van der Waals surface area contributed by atoms with Gasteiger partial charge in [0.05, 0.1) is 0 Å². The van der Waals surface area contributed by atoms with Crippen molar-refractivity contribution in [2.45, 2.75) is 0 Å². The molecule has 0 atom stereocenters. The summed E-state index contributed by atoms with van der Waals surface area (Å²) < 4.78 is 0. The maximum atomic E-state index is 9.64. The summed E-state index contributed by atoms with van der Waals surface area (Å²) in [5.41, 5.74) is -0.0133. The molecule has 2 radical (unpaired) electrons. The maximum absolute atomic E-state index is 9.64. The van der Waals surface area contributed by atoms with Gasteiger partial charge in [-0.1, -0.05) is 0 Å². The molecule has 0 aromatic heterocycles. The first-order chi connectivity index (χ1) is 4.31. The molecule has 0 rings (SSSR count). The predicted molar refractivity (Wildman–Crippen MR) is 31.2 cm³/mol. The van der Waals surface area contributed by atoms with Crippen molar-refractivity contribution in [1.29, 1.82) is 0 Å². The van der Waals surface area contributed by atoms with Crippen LogP contribution in [0, 0.1) is 6.92 Å². The second-order valence-electron chi connectivity index (χ2n) is 1.05. The largest absolute Gasteiger partial charge is 0.331 e. The number of carbonyl (C=O) groups is 1. The molecule has 4 heteroatoms. The van der Waals surface area contributed by atoms with Crippen LogP contribution in [0.15, 0.2) is 10.7 Å². The van der Waals surface area contributed by atoms with E-state index in [1.54, 1.807) is 0 Å². The Morgan fingerprint density at radius 2 is 2.44 bits per heavy atom. The summed E-state index contributed by atoms with van der Waals surface area (Å²) in [6.07, 6.45) is 2.31. The van der Waals surface area contributed by atoms with Gasteiger partial charge in [0, 0.05) is 6.92 Å². The normalized spacial score (nSPS) is 8.56. The van der Waals surface area contributed by atoms with Gasteiger partial charge in [0.25, 0.3) is 0 Å². The van der Waals surface area contributed by atoms with Crippen LogP contribution in [0.3, 0.4) is 0 Å². The minimum atomic E-state index is -0.0133. The lowest BCUT2D eigenvalue weighted by Crippen LogP contribution is -2.07. The fourth-order valence-electron chi connectivity index (χ4n) is 0.152. The van der Waals surface area contributed by atoms with Gasteiger partial charge in [0.1, 0.15) is 11.6 Å². The molecule has 0 aliphatic rings. The van der Waals surface area contributed by atoms with Gasteiger partial charge < -0.3 is 5.32 Å². The van der Waals surface area contributed by atoms with Crippen LogP contribution >= 0.6 is 0 Å². The van der Waals surface area contributed by atoms with Crippen molar-refractivity contribution >= 4 is 18.7 Å². The van der Waals surface area contributed by atoms with Crippen LogP contribution in [-0.2, 0) is 9.59 Å². The molecular formula is C5H4N2O2. The number of nitrogens with one attached hydrogen (secondary N) is 1. The van der Waals surface area contributed by atoms with Gasteiger partial charge in [-0.3, -0.25) is 4.79 Å². The van der Waals surface area contributed by atoms with Gasteiger partial charge in [-0.25, -0.2) is 4.79 Å². The summed E-state index contributed by atoms with van der Waals surface area (Å²) in [5, 5.41) is 2.17. The average molecular weight is 124 g/mol. The van der Waals surface area contributed by atoms with Crippen molar-refractivity contribution in [3.05, 3.63) is 12.6 Å². The number of amides is 1. The fraction of sp³-hybridized carbons (Fsp3) is 0. The number of rotatable bonds is 3. The van der Waals surface area contributed by atoms with Crippen molar-refractivity contribution in [2.75, 3.05) is 0 Å². The first-order valence-electron chi connectivity index (χ1n) is 2.03. The summed E-state index contributed by atoms with van der Waals surface area (Å²) in [4.78, 5) is 22.1. The van der Waals surface area contributed by atoms with E-state index in [0.717, 1.165) is 0 Å². The average Bonchev–Trinajstić information content (AvgIpc) is 1.89. The lowest BCUT2D eigenvalue weighted by Gasteiger charge is -1.85. The van der Waals surface area contributed by atoms with Crippen molar-refractivity contribution in [1.82, 2.24) is 5.32 Å². The molecule has 0 aromatic rings. The minimum Gasteiger partial charge on any atom is -0.331 e. The highest BCUT2D eigenvalue weighted by Crippen LogP contribution is 1.68. The Morgan fingerprint density at radius 3 is 2.89 bits per heavy atom.